The Bertz CT molecular complexity index is 664. The van der Waals surface area contributed by atoms with Crippen molar-refractivity contribution < 1.29 is 9.90 Å². The molecule has 1 saturated carbocycles. The molecule has 0 radical (unpaired) electrons. The van der Waals surface area contributed by atoms with Gasteiger partial charge in [0, 0.05) is 12.2 Å². The molecule has 0 aliphatic heterocycles. The number of fused-ring (bicyclic) bond motifs is 1. The minimum Gasteiger partial charge on any atom is -0.481 e. The lowest BCUT2D eigenvalue weighted by Crippen LogP contribution is -2.10. The number of imidazole rings is 1. The monoisotopic (exact) mass is 291 g/mol. The summed E-state index contributed by atoms with van der Waals surface area (Å²) in [6, 6.07) is 2.26. The number of aromatic nitrogens is 3. The number of hydrogen-bond donors (Lipinski definition) is 1. The van der Waals surface area contributed by atoms with Gasteiger partial charge in [0.2, 0.25) is 0 Å². The van der Waals surface area contributed by atoms with Crippen LogP contribution < -0.4 is 0 Å². The highest BCUT2D eigenvalue weighted by molar-refractivity contribution is 7.99. The number of rotatable bonds is 5. The van der Waals surface area contributed by atoms with Crippen LogP contribution in [0, 0.1) is 12.8 Å². The third kappa shape index (κ3) is 2.40. The van der Waals surface area contributed by atoms with Crippen molar-refractivity contribution in [3.63, 3.8) is 0 Å². The summed E-state index contributed by atoms with van der Waals surface area (Å²) in [7, 11) is 0. The summed E-state index contributed by atoms with van der Waals surface area (Å²) < 4.78 is 2.12. The number of carboxylic acid groups (broad SMARTS) is 1. The van der Waals surface area contributed by atoms with Crippen molar-refractivity contribution in [2.24, 2.45) is 5.92 Å². The number of aryl methyl sites for hydroxylation is 1. The fraction of sp³-hybridized carbons (Fsp3) is 0.500. The van der Waals surface area contributed by atoms with Gasteiger partial charge in [-0.15, -0.1) is 0 Å². The number of hydrogen-bond acceptors (Lipinski definition) is 4. The lowest BCUT2D eigenvalue weighted by atomic mass is 10.2. The first kappa shape index (κ1) is 13.4. The Balaban J connectivity index is 2.08. The highest BCUT2D eigenvalue weighted by Gasteiger charge is 2.32. The normalized spacial score (nSPS) is 16.5. The highest BCUT2D eigenvalue weighted by Crippen LogP contribution is 2.42. The molecule has 2 aromatic heterocycles. The van der Waals surface area contributed by atoms with Crippen LogP contribution in [0.1, 0.15) is 31.4 Å². The van der Waals surface area contributed by atoms with Gasteiger partial charge in [-0.2, -0.15) is 0 Å². The van der Waals surface area contributed by atoms with Crippen molar-refractivity contribution in [3.8, 4) is 0 Å². The van der Waals surface area contributed by atoms with Gasteiger partial charge >= 0.3 is 5.97 Å². The molecule has 0 spiro atoms. The van der Waals surface area contributed by atoms with Gasteiger partial charge < -0.3 is 9.67 Å². The Morgan fingerprint density at radius 3 is 3.00 bits per heavy atom. The third-order valence-corrected chi connectivity index (χ3v) is 4.72. The Morgan fingerprint density at radius 1 is 1.60 bits per heavy atom. The molecule has 0 bridgehead atoms. The summed E-state index contributed by atoms with van der Waals surface area (Å²) in [6.07, 6.45) is 4.26. The van der Waals surface area contributed by atoms with E-state index >= 15 is 0 Å². The molecule has 6 heteroatoms. The largest absolute Gasteiger partial charge is 0.481 e. The van der Waals surface area contributed by atoms with Gasteiger partial charge in [-0.3, -0.25) is 4.79 Å². The highest BCUT2D eigenvalue weighted by atomic mass is 32.2. The second-order valence-corrected chi connectivity index (χ2v) is 6.27. The van der Waals surface area contributed by atoms with E-state index in [-0.39, 0.29) is 5.75 Å². The van der Waals surface area contributed by atoms with Crippen molar-refractivity contribution in [1.29, 1.82) is 0 Å². The van der Waals surface area contributed by atoms with Crippen LogP contribution in [0.4, 0.5) is 0 Å². The van der Waals surface area contributed by atoms with Gasteiger partial charge in [-0.25, -0.2) is 9.97 Å². The average molecular weight is 291 g/mol. The molecule has 20 heavy (non-hydrogen) atoms. The molecule has 2 aromatic rings. The average Bonchev–Trinajstić information content (AvgIpc) is 3.17. The molecule has 1 N–H and O–H groups in total. The second kappa shape index (κ2) is 5.09. The molecule has 1 atom stereocenters. The van der Waals surface area contributed by atoms with Crippen LogP contribution in [0.25, 0.3) is 11.2 Å². The van der Waals surface area contributed by atoms with Crippen LogP contribution in [0.3, 0.4) is 0 Å². The molecule has 1 aliphatic rings. The number of carboxylic acids is 1. The Labute approximate surface area is 121 Å². The summed E-state index contributed by atoms with van der Waals surface area (Å²) in [5.74, 6) is -0.129. The van der Waals surface area contributed by atoms with Crippen LogP contribution in [0.5, 0.6) is 0 Å². The Hall–Kier alpha value is -1.56. The zero-order valence-electron chi connectivity index (χ0n) is 11.5. The Kier molecular flexibility index (Phi) is 3.41. The van der Waals surface area contributed by atoms with Crippen molar-refractivity contribution in [2.45, 2.75) is 37.9 Å². The van der Waals surface area contributed by atoms with E-state index in [9.17, 15) is 4.79 Å². The second-order valence-electron chi connectivity index (χ2n) is 5.32. The molecule has 1 unspecified atom stereocenters. The maximum atomic E-state index is 10.8. The molecule has 1 aliphatic carbocycles. The summed E-state index contributed by atoms with van der Waals surface area (Å²) in [5, 5.41) is 9.65. The number of nitrogens with zero attached hydrogens (tertiary/aromatic N) is 3. The van der Waals surface area contributed by atoms with Crippen LogP contribution in [-0.4, -0.2) is 31.4 Å². The predicted molar refractivity (Wildman–Crippen MR) is 78.1 cm³/mol. The smallest absolute Gasteiger partial charge is 0.313 e. The number of thioether (sulfide) groups is 1. The van der Waals surface area contributed by atoms with Crippen molar-refractivity contribution in [3.05, 3.63) is 17.8 Å². The minimum atomic E-state index is -0.822. The van der Waals surface area contributed by atoms with Gasteiger partial charge in [0.05, 0.1) is 5.75 Å². The van der Waals surface area contributed by atoms with E-state index in [0.717, 1.165) is 21.9 Å². The van der Waals surface area contributed by atoms with Crippen LogP contribution >= 0.6 is 11.8 Å². The third-order valence-electron chi connectivity index (χ3n) is 3.78. The summed E-state index contributed by atoms with van der Waals surface area (Å²) in [4.78, 5) is 19.9. The lowest BCUT2D eigenvalue weighted by Gasteiger charge is -2.15. The molecular formula is C14H17N3O2S. The molecule has 0 aromatic carbocycles. The topological polar surface area (TPSA) is 68.0 Å². The van der Waals surface area contributed by atoms with Gasteiger partial charge in [0.25, 0.3) is 0 Å². The van der Waals surface area contributed by atoms with Crippen molar-refractivity contribution in [1.82, 2.24) is 14.5 Å². The maximum Gasteiger partial charge on any atom is 0.313 e. The zero-order chi connectivity index (χ0) is 14.3. The first-order valence-corrected chi connectivity index (χ1v) is 7.74. The van der Waals surface area contributed by atoms with E-state index in [2.05, 4.69) is 21.5 Å². The molecular weight excluding hydrogens is 274 g/mol. The molecule has 2 heterocycles. The number of carbonyl (C=O) groups is 1. The van der Waals surface area contributed by atoms with Crippen molar-refractivity contribution >= 4 is 28.9 Å². The van der Waals surface area contributed by atoms with Crippen molar-refractivity contribution in [2.75, 3.05) is 5.75 Å². The standard InChI is InChI=1S/C14H17N3O2S/c1-8-5-6-15-13-12(8)16-14(20-7-11(18)19)17(13)9(2)10-3-4-10/h5-6,9-10H,3-4,7H2,1-2H3,(H,18,19). The zero-order valence-corrected chi connectivity index (χ0v) is 12.4. The van der Waals surface area contributed by atoms with Gasteiger partial charge in [-0.05, 0) is 44.2 Å². The quantitative estimate of drug-likeness (QED) is 0.858. The molecule has 1 fully saturated rings. The summed E-state index contributed by atoms with van der Waals surface area (Å²) in [6.45, 7) is 4.18. The SMILES string of the molecule is Cc1ccnc2c1nc(SCC(=O)O)n2C(C)C1CC1. The van der Waals surface area contributed by atoms with E-state index in [4.69, 9.17) is 5.11 Å². The number of aliphatic carboxylic acids is 1. The first-order chi connectivity index (χ1) is 9.58. The first-order valence-electron chi connectivity index (χ1n) is 6.76. The predicted octanol–water partition coefficient (Wildman–Crippen LogP) is 2.89. The molecule has 0 saturated heterocycles. The molecule has 5 nitrogen and oxygen atoms in total. The fourth-order valence-electron chi connectivity index (χ4n) is 2.48. The summed E-state index contributed by atoms with van der Waals surface area (Å²) in [5.41, 5.74) is 2.83. The van der Waals surface area contributed by atoms with E-state index in [0.29, 0.717) is 12.0 Å². The Morgan fingerprint density at radius 2 is 2.35 bits per heavy atom. The van der Waals surface area contributed by atoms with Crippen LogP contribution in [-0.2, 0) is 4.79 Å². The van der Waals surface area contributed by atoms with Gasteiger partial charge in [-0.1, -0.05) is 11.8 Å². The summed E-state index contributed by atoms with van der Waals surface area (Å²) >= 11 is 1.28. The maximum absolute atomic E-state index is 10.8. The fourth-order valence-corrected chi connectivity index (χ4v) is 3.28. The van der Waals surface area contributed by atoms with Gasteiger partial charge in [0.1, 0.15) is 5.52 Å². The van der Waals surface area contributed by atoms with Gasteiger partial charge in [0.15, 0.2) is 10.8 Å². The van der Waals surface area contributed by atoms with Crippen LogP contribution in [0.2, 0.25) is 0 Å². The van der Waals surface area contributed by atoms with E-state index in [1.165, 1.54) is 24.6 Å². The van der Waals surface area contributed by atoms with E-state index < -0.39 is 5.97 Å². The molecule has 0 amide bonds. The van der Waals surface area contributed by atoms with Crippen LogP contribution in [0.15, 0.2) is 17.4 Å². The molecule has 3 rings (SSSR count). The van der Waals surface area contributed by atoms with E-state index in [1.54, 1.807) is 6.20 Å². The number of pyridine rings is 1. The van der Waals surface area contributed by atoms with E-state index in [1.807, 2.05) is 13.0 Å². The lowest BCUT2D eigenvalue weighted by molar-refractivity contribution is -0.133. The minimum absolute atomic E-state index is 0.0275. The molecule has 106 valence electrons.